The van der Waals surface area contributed by atoms with Gasteiger partial charge in [0.2, 0.25) is 0 Å². The zero-order valence-electron chi connectivity index (χ0n) is 14.0. The van der Waals surface area contributed by atoms with Crippen LogP contribution in [0, 0.1) is 23.7 Å². The van der Waals surface area contributed by atoms with Gasteiger partial charge in [0.25, 0.3) is 0 Å². The normalized spacial score (nSPS) is 38.3. The van der Waals surface area contributed by atoms with Crippen LogP contribution in [-0.4, -0.2) is 37.6 Å². The van der Waals surface area contributed by atoms with Crippen molar-refractivity contribution in [3.8, 4) is 0 Å². The van der Waals surface area contributed by atoms with Gasteiger partial charge in [0.1, 0.15) is 12.9 Å². The van der Waals surface area contributed by atoms with E-state index in [0.717, 1.165) is 32.1 Å². The highest BCUT2D eigenvalue weighted by Crippen LogP contribution is 2.49. The number of esters is 1. The minimum Gasteiger partial charge on any atom is -0.462 e. The lowest BCUT2D eigenvalue weighted by atomic mass is 9.62. The summed E-state index contributed by atoms with van der Waals surface area (Å²) in [5, 5.41) is 2.96. The van der Waals surface area contributed by atoms with E-state index in [-0.39, 0.29) is 30.1 Å². The Morgan fingerprint density at radius 1 is 1.26 bits per heavy atom. The minimum atomic E-state index is -0.316. The van der Waals surface area contributed by atoms with Crippen molar-refractivity contribution < 1.29 is 23.9 Å². The minimum absolute atomic E-state index is 0.00794. The molecule has 3 fully saturated rings. The van der Waals surface area contributed by atoms with Gasteiger partial charge in [-0.05, 0) is 57.8 Å². The Morgan fingerprint density at radius 3 is 2.70 bits per heavy atom. The number of hydrogen-bond donors (Lipinski definition) is 1. The lowest BCUT2D eigenvalue weighted by molar-refractivity contribution is -0.144. The number of amides is 1. The maximum Gasteiger partial charge on any atom is 0.407 e. The van der Waals surface area contributed by atoms with Gasteiger partial charge in [-0.25, -0.2) is 4.79 Å². The van der Waals surface area contributed by atoms with Crippen LogP contribution in [0.15, 0.2) is 0 Å². The van der Waals surface area contributed by atoms with E-state index in [4.69, 9.17) is 14.3 Å². The summed E-state index contributed by atoms with van der Waals surface area (Å²) in [5.41, 5.74) is 0. The van der Waals surface area contributed by atoms with Crippen molar-refractivity contribution in [3.63, 3.8) is 0 Å². The summed E-state index contributed by atoms with van der Waals surface area (Å²) in [5.74, 6) is 1.70. The molecule has 6 heteroatoms. The summed E-state index contributed by atoms with van der Waals surface area (Å²) in [6.07, 6.45) is 4.91. The largest absolute Gasteiger partial charge is 0.462 e. The summed E-state index contributed by atoms with van der Waals surface area (Å²) >= 11 is 0. The topological polar surface area (TPSA) is 81.7 Å². The van der Waals surface area contributed by atoms with Crippen molar-refractivity contribution in [2.75, 3.05) is 6.61 Å². The molecule has 1 amide bonds. The molecule has 3 rings (SSSR count). The fraction of sp³-hybridized carbons (Fsp3) is 0.824. The van der Waals surface area contributed by atoms with Gasteiger partial charge < -0.3 is 19.6 Å². The second-order valence-electron chi connectivity index (χ2n) is 6.78. The average molecular weight is 325 g/mol. The van der Waals surface area contributed by atoms with E-state index in [1.165, 1.54) is 0 Å². The van der Waals surface area contributed by atoms with Gasteiger partial charge >= 0.3 is 12.1 Å². The van der Waals surface area contributed by atoms with Crippen molar-refractivity contribution in [1.82, 2.24) is 5.32 Å². The highest BCUT2D eigenvalue weighted by Gasteiger charge is 2.50. The number of rotatable bonds is 2. The third-order valence-electron chi connectivity index (χ3n) is 5.59. The van der Waals surface area contributed by atoms with Gasteiger partial charge in [-0.3, -0.25) is 4.79 Å². The van der Waals surface area contributed by atoms with Crippen molar-refractivity contribution >= 4 is 18.9 Å². The van der Waals surface area contributed by atoms with Crippen molar-refractivity contribution in [1.29, 1.82) is 0 Å². The van der Waals surface area contributed by atoms with Gasteiger partial charge in [0.05, 0.1) is 12.5 Å². The molecule has 0 radical (unpaired) electrons. The van der Waals surface area contributed by atoms with Crippen molar-refractivity contribution in [2.45, 2.75) is 58.1 Å². The van der Waals surface area contributed by atoms with Crippen LogP contribution >= 0.6 is 0 Å². The van der Waals surface area contributed by atoms with Crippen LogP contribution in [0.2, 0.25) is 0 Å². The maximum absolute atomic E-state index is 11.9. The van der Waals surface area contributed by atoms with Crippen molar-refractivity contribution in [3.05, 3.63) is 0 Å². The van der Waals surface area contributed by atoms with Crippen molar-refractivity contribution in [2.24, 2.45) is 23.7 Å². The molecule has 0 bridgehead atoms. The van der Waals surface area contributed by atoms with Gasteiger partial charge in [0.15, 0.2) is 0 Å². The van der Waals surface area contributed by atoms with Crippen LogP contribution in [0.3, 0.4) is 0 Å². The second kappa shape index (κ2) is 7.79. The monoisotopic (exact) mass is 325 g/mol. The molecule has 130 valence electrons. The average Bonchev–Trinajstić information content (AvgIpc) is 2.81. The molecule has 6 atom stereocenters. The lowest BCUT2D eigenvalue weighted by Gasteiger charge is -2.43. The Labute approximate surface area is 137 Å². The summed E-state index contributed by atoms with van der Waals surface area (Å²) < 4.78 is 10.4. The smallest absolute Gasteiger partial charge is 0.407 e. The van der Waals surface area contributed by atoms with Gasteiger partial charge in [-0.15, -0.1) is 0 Å². The molecule has 1 saturated heterocycles. The van der Waals surface area contributed by atoms with Crippen LogP contribution in [0.5, 0.6) is 0 Å². The van der Waals surface area contributed by atoms with E-state index in [9.17, 15) is 9.59 Å². The van der Waals surface area contributed by atoms with E-state index < -0.39 is 0 Å². The molecule has 0 aromatic rings. The number of cyclic esters (lactones) is 1. The highest BCUT2D eigenvalue weighted by atomic mass is 16.6. The molecule has 6 nitrogen and oxygen atoms in total. The van der Waals surface area contributed by atoms with E-state index in [0.29, 0.717) is 24.4 Å². The first-order chi connectivity index (χ1) is 11.1. The Morgan fingerprint density at radius 2 is 2.00 bits per heavy atom. The predicted molar refractivity (Wildman–Crippen MR) is 83.7 cm³/mol. The quantitative estimate of drug-likeness (QED) is 0.788. The van der Waals surface area contributed by atoms with Gasteiger partial charge in [-0.1, -0.05) is 0 Å². The van der Waals surface area contributed by atoms with Crippen LogP contribution in [-0.2, 0) is 19.1 Å². The molecule has 23 heavy (non-hydrogen) atoms. The first-order valence-corrected chi connectivity index (χ1v) is 8.51. The van der Waals surface area contributed by atoms with E-state index in [1.54, 1.807) is 0 Å². The number of hydrogen-bond acceptors (Lipinski definition) is 5. The number of nitrogens with one attached hydrogen (secondary N) is 1. The lowest BCUT2D eigenvalue weighted by Crippen LogP contribution is -2.44. The standard InChI is InChI=1S/C16H25NO4.CH2O/c1-3-20-16(19)17-12-5-4-10-7-13-9(2)21-15(18)14(13)8-11(10)6-12;1-2/h9-14H,3-8H2,1-2H3,(H,17,19);1H2/t9?,10?,11?,12-,13?,14?;/m1./s1. The fourth-order valence-corrected chi connectivity index (χ4v) is 4.56. The van der Waals surface area contributed by atoms with Crippen LogP contribution in [0.4, 0.5) is 4.79 Å². The zero-order chi connectivity index (χ0) is 17.0. The van der Waals surface area contributed by atoms with Crippen LogP contribution < -0.4 is 5.32 Å². The molecule has 1 heterocycles. The molecule has 3 aliphatic rings. The first kappa shape index (κ1) is 17.8. The Bertz CT molecular complexity index is 441. The number of carbonyl (C=O) groups is 3. The number of carbonyl (C=O) groups excluding carboxylic acids is 3. The van der Waals surface area contributed by atoms with E-state index in [1.807, 2.05) is 20.6 Å². The van der Waals surface area contributed by atoms with Gasteiger partial charge in [-0.2, -0.15) is 0 Å². The maximum atomic E-state index is 11.9. The Balaban J connectivity index is 0.000000924. The summed E-state index contributed by atoms with van der Waals surface area (Å²) in [7, 11) is 0. The number of alkyl carbamates (subject to hydrolysis) is 1. The van der Waals surface area contributed by atoms with Crippen LogP contribution in [0.25, 0.3) is 0 Å². The van der Waals surface area contributed by atoms with E-state index in [2.05, 4.69) is 5.32 Å². The Kier molecular flexibility index (Phi) is 6.02. The van der Waals surface area contributed by atoms with E-state index >= 15 is 0 Å². The molecule has 0 spiro atoms. The molecular formula is C17H27NO5. The molecule has 1 N–H and O–H groups in total. The number of ether oxygens (including phenoxy) is 2. The van der Waals surface area contributed by atoms with Crippen LogP contribution in [0.1, 0.15) is 46.0 Å². The molecule has 2 saturated carbocycles. The van der Waals surface area contributed by atoms with Gasteiger partial charge in [0, 0.05) is 12.0 Å². The molecule has 0 aromatic carbocycles. The molecule has 5 unspecified atom stereocenters. The highest BCUT2D eigenvalue weighted by molar-refractivity contribution is 5.75. The molecule has 2 aliphatic carbocycles. The Hall–Kier alpha value is -1.59. The molecule has 0 aromatic heterocycles. The summed E-state index contributed by atoms with van der Waals surface area (Å²) in [4.78, 5) is 31.5. The second-order valence-corrected chi connectivity index (χ2v) is 6.78. The molecular weight excluding hydrogens is 298 g/mol. The predicted octanol–water partition coefficient (Wildman–Crippen LogP) is 2.30. The number of fused-ring (bicyclic) bond motifs is 2. The third kappa shape index (κ3) is 3.85. The summed E-state index contributed by atoms with van der Waals surface area (Å²) in [6, 6.07) is 0.191. The SMILES string of the molecule is C=O.CCOC(=O)N[C@@H]1CCC2CC3C(C)OC(=O)C3CC2C1. The zero-order valence-corrected chi connectivity index (χ0v) is 14.0. The fourth-order valence-electron chi connectivity index (χ4n) is 4.56. The molecule has 1 aliphatic heterocycles. The first-order valence-electron chi connectivity index (χ1n) is 8.51. The summed E-state index contributed by atoms with van der Waals surface area (Å²) in [6.45, 7) is 6.24. The third-order valence-corrected chi connectivity index (χ3v) is 5.59.